The standard InChI is InChI=1S/C21H22N4O6S/c1-28-15-9-14(10-16(29-2)18(15)30-3)19-24-25-21(31-19)32-12-17(26)23-20(27)22-11-13-7-5-4-6-8-13/h4-10H,11-12H2,1-3H3,(H2,22,23,26,27). The number of carbonyl (C=O) groups excluding carboxylic acids is 2. The van der Waals surface area contributed by atoms with Crippen molar-refractivity contribution in [3.63, 3.8) is 0 Å². The van der Waals surface area contributed by atoms with Crippen LogP contribution in [0.1, 0.15) is 5.56 Å². The number of carbonyl (C=O) groups is 2. The monoisotopic (exact) mass is 458 g/mol. The molecule has 2 N–H and O–H groups in total. The van der Waals surface area contributed by atoms with Crippen molar-refractivity contribution in [1.29, 1.82) is 0 Å². The van der Waals surface area contributed by atoms with Gasteiger partial charge in [-0.1, -0.05) is 42.1 Å². The minimum atomic E-state index is -0.580. The maximum atomic E-state index is 12.0. The number of nitrogens with one attached hydrogen (secondary N) is 2. The van der Waals surface area contributed by atoms with Crippen LogP contribution in [-0.4, -0.2) is 49.2 Å². The van der Waals surface area contributed by atoms with E-state index in [9.17, 15) is 9.59 Å². The van der Waals surface area contributed by atoms with Crippen molar-refractivity contribution in [1.82, 2.24) is 20.8 Å². The quantitative estimate of drug-likeness (QED) is 0.466. The molecule has 1 heterocycles. The number of aromatic nitrogens is 2. The molecule has 0 aliphatic carbocycles. The highest BCUT2D eigenvalue weighted by atomic mass is 32.2. The highest BCUT2D eigenvalue weighted by Crippen LogP contribution is 2.41. The molecule has 0 spiro atoms. The first-order valence-corrected chi connectivity index (χ1v) is 10.4. The second-order valence-corrected chi connectivity index (χ2v) is 7.22. The molecule has 3 rings (SSSR count). The molecule has 2 aromatic carbocycles. The molecule has 0 saturated heterocycles. The first-order chi connectivity index (χ1) is 15.5. The van der Waals surface area contributed by atoms with Crippen molar-refractivity contribution < 1.29 is 28.2 Å². The average Bonchev–Trinajstić information content (AvgIpc) is 3.30. The molecule has 168 valence electrons. The van der Waals surface area contributed by atoms with E-state index in [1.807, 2.05) is 30.3 Å². The molecule has 0 bridgehead atoms. The van der Waals surface area contributed by atoms with Crippen molar-refractivity contribution in [2.24, 2.45) is 0 Å². The van der Waals surface area contributed by atoms with Gasteiger partial charge in [-0.05, 0) is 17.7 Å². The van der Waals surface area contributed by atoms with E-state index in [4.69, 9.17) is 18.6 Å². The van der Waals surface area contributed by atoms with E-state index in [0.717, 1.165) is 17.3 Å². The zero-order chi connectivity index (χ0) is 22.9. The number of hydrogen-bond acceptors (Lipinski definition) is 9. The number of amides is 3. The van der Waals surface area contributed by atoms with Gasteiger partial charge in [0.1, 0.15) is 0 Å². The van der Waals surface area contributed by atoms with Crippen LogP contribution in [0.5, 0.6) is 17.2 Å². The number of methoxy groups -OCH3 is 3. The lowest BCUT2D eigenvalue weighted by Gasteiger charge is -2.12. The van der Waals surface area contributed by atoms with Crippen LogP contribution in [0, 0.1) is 0 Å². The summed E-state index contributed by atoms with van der Waals surface area (Å²) < 4.78 is 21.5. The van der Waals surface area contributed by atoms with Crippen molar-refractivity contribution in [2.75, 3.05) is 27.1 Å². The molecule has 0 saturated carbocycles. The van der Waals surface area contributed by atoms with Crippen LogP contribution in [0.15, 0.2) is 52.1 Å². The van der Waals surface area contributed by atoms with Crippen LogP contribution < -0.4 is 24.8 Å². The molecule has 3 aromatic rings. The van der Waals surface area contributed by atoms with Crippen molar-refractivity contribution in [2.45, 2.75) is 11.8 Å². The predicted octanol–water partition coefficient (Wildman–Crippen LogP) is 2.88. The number of hydrogen-bond donors (Lipinski definition) is 2. The summed E-state index contributed by atoms with van der Waals surface area (Å²) in [5, 5.41) is 13.0. The van der Waals surface area contributed by atoms with Crippen LogP contribution in [0.4, 0.5) is 4.79 Å². The lowest BCUT2D eigenvalue weighted by atomic mass is 10.2. The minimum absolute atomic E-state index is 0.0738. The Labute approximate surface area is 188 Å². The Kier molecular flexibility index (Phi) is 7.92. The third-order valence-electron chi connectivity index (χ3n) is 4.19. The van der Waals surface area contributed by atoms with Gasteiger partial charge >= 0.3 is 6.03 Å². The van der Waals surface area contributed by atoms with E-state index in [1.165, 1.54) is 21.3 Å². The average molecular weight is 458 g/mol. The second-order valence-electron chi connectivity index (χ2n) is 6.29. The lowest BCUT2D eigenvalue weighted by Crippen LogP contribution is -2.39. The molecular formula is C21H22N4O6S. The van der Waals surface area contributed by atoms with Crippen molar-refractivity contribution in [3.05, 3.63) is 48.0 Å². The van der Waals surface area contributed by atoms with E-state index < -0.39 is 11.9 Å². The third kappa shape index (κ3) is 5.91. The number of ether oxygens (including phenoxy) is 3. The van der Waals surface area contributed by atoms with Crippen molar-refractivity contribution >= 4 is 23.7 Å². The number of rotatable bonds is 9. The minimum Gasteiger partial charge on any atom is -0.493 e. The first kappa shape index (κ1) is 22.9. The number of imide groups is 1. The molecule has 10 nitrogen and oxygen atoms in total. The summed E-state index contributed by atoms with van der Waals surface area (Å²) in [7, 11) is 4.52. The molecule has 0 radical (unpaired) electrons. The SMILES string of the molecule is COc1cc(-c2nnc(SCC(=O)NC(=O)NCc3ccccc3)o2)cc(OC)c1OC. The van der Waals surface area contributed by atoms with E-state index in [2.05, 4.69) is 20.8 Å². The van der Waals surface area contributed by atoms with Crippen LogP contribution in [0.25, 0.3) is 11.5 Å². The Bertz CT molecular complexity index is 1050. The van der Waals surface area contributed by atoms with Gasteiger partial charge in [-0.3, -0.25) is 10.1 Å². The molecule has 0 unspecified atom stereocenters. The van der Waals surface area contributed by atoms with Gasteiger partial charge < -0.3 is 23.9 Å². The maximum Gasteiger partial charge on any atom is 0.321 e. The maximum absolute atomic E-state index is 12.0. The molecule has 1 aromatic heterocycles. The van der Waals surface area contributed by atoms with Gasteiger partial charge in [-0.2, -0.15) is 0 Å². The fraction of sp³-hybridized carbons (Fsp3) is 0.238. The Morgan fingerprint density at radius 3 is 2.31 bits per heavy atom. The molecule has 32 heavy (non-hydrogen) atoms. The molecular weight excluding hydrogens is 436 g/mol. The Morgan fingerprint density at radius 2 is 1.69 bits per heavy atom. The van der Waals surface area contributed by atoms with Gasteiger partial charge in [-0.15, -0.1) is 10.2 Å². The summed E-state index contributed by atoms with van der Waals surface area (Å²) in [6.45, 7) is 0.314. The summed E-state index contributed by atoms with van der Waals surface area (Å²) in [4.78, 5) is 23.9. The number of urea groups is 1. The van der Waals surface area contributed by atoms with E-state index in [-0.39, 0.29) is 16.9 Å². The molecule has 0 fully saturated rings. The van der Waals surface area contributed by atoms with Crippen LogP contribution in [0.2, 0.25) is 0 Å². The van der Waals surface area contributed by atoms with E-state index in [1.54, 1.807) is 12.1 Å². The summed E-state index contributed by atoms with van der Waals surface area (Å²) in [5.74, 6) is 0.969. The summed E-state index contributed by atoms with van der Waals surface area (Å²) in [5.41, 5.74) is 1.48. The number of thioether (sulfide) groups is 1. The normalized spacial score (nSPS) is 10.3. The summed E-state index contributed by atoms with van der Waals surface area (Å²) in [6.07, 6.45) is 0. The zero-order valence-electron chi connectivity index (χ0n) is 17.7. The highest BCUT2D eigenvalue weighted by Gasteiger charge is 2.18. The highest BCUT2D eigenvalue weighted by molar-refractivity contribution is 7.99. The van der Waals surface area contributed by atoms with Crippen LogP contribution in [0.3, 0.4) is 0 Å². The van der Waals surface area contributed by atoms with Gasteiger partial charge in [0.25, 0.3) is 5.22 Å². The van der Waals surface area contributed by atoms with Gasteiger partial charge in [-0.25, -0.2) is 4.79 Å². The van der Waals surface area contributed by atoms with Crippen LogP contribution >= 0.6 is 11.8 Å². The third-order valence-corrected chi connectivity index (χ3v) is 5.01. The Morgan fingerprint density at radius 1 is 1.00 bits per heavy atom. The van der Waals surface area contributed by atoms with Gasteiger partial charge in [0.05, 0.1) is 27.1 Å². The fourth-order valence-corrected chi connectivity index (χ4v) is 3.26. The molecule has 0 aliphatic heterocycles. The number of benzene rings is 2. The molecule has 3 amide bonds. The lowest BCUT2D eigenvalue weighted by molar-refractivity contribution is -0.117. The Balaban J connectivity index is 1.55. The van der Waals surface area contributed by atoms with Gasteiger partial charge in [0.2, 0.25) is 17.5 Å². The zero-order valence-corrected chi connectivity index (χ0v) is 18.5. The van der Waals surface area contributed by atoms with Crippen LogP contribution in [-0.2, 0) is 11.3 Å². The predicted molar refractivity (Wildman–Crippen MR) is 117 cm³/mol. The second kappa shape index (κ2) is 11.0. The first-order valence-electron chi connectivity index (χ1n) is 9.42. The molecule has 0 atom stereocenters. The molecule has 11 heteroatoms. The Hall–Kier alpha value is -3.73. The van der Waals surface area contributed by atoms with Gasteiger partial charge in [0, 0.05) is 12.1 Å². The number of nitrogens with zero attached hydrogens (tertiary/aromatic N) is 2. The fourth-order valence-electron chi connectivity index (χ4n) is 2.70. The smallest absolute Gasteiger partial charge is 0.321 e. The van der Waals surface area contributed by atoms with E-state index in [0.29, 0.717) is 29.4 Å². The van der Waals surface area contributed by atoms with E-state index >= 15 is 0 Å². The largest absolute Gasteiger partial charge is 0.493 e. The molecule has 0 aliphatic rings. The summed E-state index contributed by atoms with van der Waals surface area (Å²) in [6, 6.07) is 12.1. The van der Waals surface area contributed by atoms with Gasteiger partial charge in [0.15, 0.2) is 11.5 Å². The van der Waals surface area contributed by atoms with Crippen molar-refractivity contribution in [3.8, 4) is 28.7 Å². The topological polar surface area (TPSA) is 125 Å². The summed E-state index contributed by atoms with van der Waals surface area (Å²) >= 11 is 1.01.